The molecule has 2 aliphatic heterocycles. The van der Waals surface area contributed by atoms with Crippen molar-refractivity contribution < 1.29 is 9.59 Å². The predicted octanol–water partition coefficient (Wildman–Crippen LogP) is 3.14. The number of hydrogen-bond donors (Lipinski definition) is 0. The Kier molecular flexibility index (Phi) is 4.11. The second kappa shape index (κ2) is 6.44. The second-order valence-electron chi connectivity index (χ2n) is 6.70. The van der Waals surface area contributed by atoms with Gasteiger partial charge >= 0.3 is 6.03 Å². The third-order valence-electron chi connectivity index (χ3n) is 5.20. The monoisotopic (exact) mass is 350 g/mol. The molecule has 3 amide bonds. The Morgan fingerprint density at radius 2 is 1.85 bits per heavy atom. The molecular weight excluding hydrogens is 328 g/mol. The number of aryl methyl sites for hydroxylation is 2. The number of benzene rings is 1. The maximum atomic E-state index is 13.0. The van der Waals surface area contributed by atoms with Crippen molar-refractivity contribution >= 4 is 29.0 Å². The molecule has 0 spiro atoms. The fraction of sp³-hybridized carbons (Fsp3) is 0.350. The van der Waals surface area contributed by atoms with E-state index in [1.165, 1.54) is 0 Å². The SMILES string of the molecule is CCN1C(=O)CCc2cc(N3CCN(c4cnccc4C)C3=O)ccc21. The van der Waals surface area contributed by atoms with Crippen LogP contribution < -0.4 is 14.7 Å². The molecule has 1 aromatic heterocycles. The van der Waals surface area contributed by atoms with Gasteiger partial charge in [-0.05, 0) is 55.7 Å². The first-order valence-electron chi connectivity index (χ1n) is 9.03. The Morgan fingerprint density at radius 1 is 1.04 bits per heavy atom. The van der Waals surface area contributed by atoms with Crippen LogP contribution >= 0.6 is 0 Å². The van der Waals surface area contributed by atoms with Gasteiger partial charge in [0.2, 0.25) is 5.91 Å². The van der Waals surface area contributed by atoms with Crippen LogP contribution in [0.5, 0.6) is 0 Å². The molecule has 0 unspecified atom stereocenters. The number of carbonyl (C=O) groups is 2. The van der Waals surface area contributed by atoms with Crippen molar-refractivity contribution in [1.82, 2.24) is 4.98 Å². The van der Waals surface area contributed by atoms with E-state index >= 15 is 0 Å². The third kappa shape index (κ3) is 2.62. The van der Waals surface area contributed by atoms with E-state index in [4.69, 9.17) is 0 Å². The topological polar surface area (TPSA) is 56.8 Å². The van der Waals surface area contributed by atoms with Crippen LogP contribution in [0, 0.1) is 6.92 Å². The molecule has 0 aliphatic carbocycles. The number of rotatable bonds is 3. The lowest BCUT2D eigenvalue weighted by molar-refractivity contribution is -0.118. The Hall–Kier alpha value is -2.89. The minimum atomic E-state index is -0.0275. The molecule has 6 nitrogen and oxygen atoms in total. The number of aromatic nitrogens is 1. The fourth-order valence-corrected chi connectivity index (χ4v) is 3.80. The summed E-state index contributed by atoms with van der Waals surface area (Å²) in [6.07, 6.45) is 4.74. The van der Waals surface area contributed by atoms with Crippen molar-refractivity contribution in [3.63, 3.8) is 0 Å². The van der Waals surface area contributed by atoms with Crippen LogP contribution in [0.1, 0.15) is 24.5 Å². The number of nitrogens with zero attached hydrogens (tertiary/aromatic N) is 4. The average Bonchev–Trinajstić information content (AvgIpc) is 3.03. The second-order valence-corrected chi connectivity index (χ2v) is 6.70. The molecular formula is C20H22N4O2. The summed E-state index contributed by atoms with van der Waals surface area (Å²) in [4.78, 5) is 34.6. The van der Waals surface area contributed by atoms with Crippen molar-refractivity contribution in [2.24, 2.45) is 0 Å². The molecule has 2 aliphatic rings. The molecule has 0 saturated carbocycles. The van der Waals surface area contributed by atoms with Gasteiger partial charge in [-0.2, -0.15) is 0 Å². The van der Waals surface area contributed by atoms with E-state index in [2.05, 4.69) is 11.1 Å². The zero-order valence-electron chi connectivity index (χ0n) is 15.1. The molecule has 134 valence electrons. The van der Waals surface area contributed by atoms with E-state index in [-0.39, 0.29) is 11.9 Å². The molecule has 3 heterocycles. The van der Waals surface area contributed by atoms with Crippen LogP contribution in [0.4, 0.5) is 21.9 Å². The van der Waals surface area contributed by atoms with Crippen molar-refractivity contribution in [3.05, 3.63) is 47.8 Å². The number of anilines is 3. The van der Waals surface area contributed by atoms with Gasteiger partial charge in [0.15, 0.2) is 0 Å². The highest BCUT2D eigenvalue weighted by atomic mass is 16.2. The number of amides is 3. The highest BCUT2D eigenvalue weighted by Gasteiger charge is 2.32. The molecule has 0 radical (unpaired) electrons. The van der Waals surface area contributed by atoms with Gasteiger partial charge in [0, 0.05) is 43.6 Å². The Balaban J connectivity index is 1.62. The van der Waals surface area contributed by atoms with E-state index in [9.17, 15) is 9.59 Å². The zero-order chi connectivity index (χ0) is 18.3. The summed E-state index contributed by atoms with van der Waals surface area (Å²) in [7, 11) is 0. The highest BCUT2D eigenvalue weighted by Crippen LogP contribution is 2.33. The molecule has 0 atom stereocenters. The van der Waals surface area contributed by atoms with Crippen molar-refractivity contribution in [2.45, 2.75) is 26.7 Å². The summed E-state index contributed by atoms with van der Waals surface area (Å²) in [6, 6.07) is 7.86. The summed E-state index contributed by atoms with van der Waals surface area (Å²) < 4.78 is 0. The Bertz CT molecular complexity index is 880. The van der Waals surface area contributed by atoms with E-state index in [0.29, 0.717) is 26.1 Å². The maximum Gasteiger partial charge on any atom is 0.329 e. The number of carbonyl (C=O) groups excluding carboxylic acids is 2. The van der Waals surface area contributed by atoms with Gasteiger partial charge in [-0.15, -0.1) is 0 Å². The largest absolute Gasteiger partial charge is 0.329 e. The molecule has 2 aromatic rings. The lowest BCUT2D eigenvalue weighted by atomic mass is 10.00. The first-order valence-corrected chi connectivity index (χ1v) is 9.03. The first-order chi connectivity index (χ1) is 12.6. The molecule has 26 heavy (non-hydrogen) atoms. The van der Waals surface area contributed by atoms with Gasteiger partial charge in [0.05, 0.1) is 11.9 Å². The van der Waals surface area contributed by atoms with Crippen molar-refractivity contribution in [1.29, 1.82) is 0 Å². The smallest absolute Gasteiger partial charge is 0.312 e. The van der Waals surface area contributed by atoms with Gasteiger partial charge in [-0.25, -0.2) is 4.79 Å². The number of urea groups is 1. The molecule has 6 heteroatoms. The molecule has 1 fully saturated rings. The molecule has 1 saturated heterocycles. The van der Waals surface area contributed by atoms with E-state index in [1.807, 2.05) is 36.9 Å². The third-order valence-corrected chi connectivity index (χ3v) is 5.20. The minimum Gasteiger partial charge on any atom is -0.312 e. The molecule has 4 rings (SSSR count). The Labute approximate surface area is 153 Å². The minimum absolute atomic E-state index is 0.0275. The van der Waals surface area contributed by atoms with E-state index < -0.39 is 0 Å². The quantitative estimate of drug-likeness (QED) is 0.854. The van der Waals surface area contributed by atoms with E-state index in [1.54, 1.807) is 22.2 Å². The standard InChI is InChI=1S/C20H22N4O2/c1-3-22-17-6-5-16(12-15(17)4-7-19(22)25)23-10-11-24(20(23)26)18-13-21-9-8-14(18)2/h5-6,8-9,12-13H,3-4,7,10-11H2,1-2H3. The van der Waals surface area contributed by atoms with Gasteiger partial charge in [-0.3, -0.25) is 19.6 Å². The summed E-state index contributed by atoms with van der Waals surface area (Å²) >= 11 is 0. The van der Waals surface area contributed by atoms with Gasteiger partial charge in [-0.1, -0.05) is 0 Å². The average molecular weight is 350 g/mol. The fourth-order valence-electron chi connectivity index (χ4n) is 3.80. The van der Waals surface area contributed by atoms with Crippen LogP contribution in [0.3, 0.4) is 0 Å². The zero-order valence-corrected chi connectivity index (χ0v) is 15.1. The van der Waals surface area contributed by atoms with Crippen molar-refractivity contribution in [3.8, 4) is 0 Å². The maximum absolute atomic E-state index is 13.0. The van der Waals surface area contributed by atoms with Crippen LogP contribution in [-0.4, -0.2) is 36.6 Å². The number of hydrogen-bond acceptors (Lipinski definition) is 3. The molecule has 0 N–H and O–H groups in total. The molecule has 1 aromatic carbocycles. The Morgan fingerprint density at radius 3 is 2.62 bits per heavy atom. The molecule has 0 bridgehead atoms. The number of fused-ring (bicyclic) bond motifs is 1. The van der Waals surface area contributed by atoms with Crippen LogP contribution in [0.25, 0.3) is 0 Å². The summed E-state index contributed by atoms with van der Waals surface area (Å²) in [5.74, 6) is 0.170. The van der Waals surface area contributed by atoms with Gasteiger partial charge < -0.3 is 4.90 Å². The van der Waals surface area contributed by atoms with Crippen LogP contribution in [0.15, 0.2) is 36.7 Å². The summed E-state index contributed by atoms with van der Waals surface area (Å²) in [6.45, 7) is 5.92. The van der Waals surface area contributed by atoms with Crippen molar-refractivity contribution in [2.75, 3.05) is 34.3 Å². The predicted molar refractivity (Wildman–Crippen MR) is 102 cm³/mol. The highest BCUT2D eigenvalue weighted by molar-refractivity contribution is 6.06. The summed E-state index contributed by atoms with van der Waals surface area (Å²) in [5, 5.41) is 0. The van der Waals surface area contributed by atoms with Crippen LogP contribution in [-0.2, 0) is 11.2 Å². The van der Waals surface area contributed by atoms with E-state index in [0.717, 1.165) is 34.6 Å². The van der Waals surface area contributed by atoms with Gasteiger partial charge in [0.1, 0.15) is 0 Å². The normalized spacial score (nSPS) is 17.1. The summed E-state index contributed by atoms with van der Waals surface area (Å²) in [5.41, 5.74) is 4.90. The number of pyridine rings is 1. The van der Waals surface area contributed by atoms with Gasteiger partial charge in [0.25, 0.3) is 0 Å². The lowest BCUT2D eigenvalue weighted by Crippen LogP contribution is -2.35. The lowest BCUT2D eigenvalue weighted by Gasteiger charge is -2.29. The van der Waals surface area contributed by atoms with Crippen LogP contribution in [0.2, 0.25) is 0 Å². The first kappa shape index (κ1) is 16.6.